The van der Waals surface area contributed by atoms with Crippen LogP contribution >= 0.6 is 0 Å². The van der Waals surface area contributed by atoms with Crippen LogP contribution in [0.5, 0.6) is 0 Å². The van der Waals surface area contributed by atoms with Gasteiger partial charge in [0.2, 0.25) is 11.8 Å². The summed E-state index contributed by atoms with van der Waals surface area (Å²) >= 11 is 0. The number of anilines is 3. The van der Waals surface area contributed by atoms with Gasteiger partial charge >= 0.3 is 0 Å². The zero-order valence-electron chi connectivity index (χ0n) is 17.6. The summed E-state index contributed by atoms with van der Waals surface area (Å²) in [6.45, 7) is 11.7. The number of nitrogens with one attached hydrogen (secondary N) is 3. The van der Waals surface area contributed by atoms with Crippen LogP contribution in [0.1, 0.15) is 53.0 Å². The molecule has 5 nitrogen and oxygen atoms in total. The van der Waals surface area contributed by atoms with Crippen molar-refractivity contribution in [1.82, 2.24) is 0 Å². The first-order valence-electron chi connectivity index (χ1n) is 9.65. The van der Waals surface area contributed by atoms with Crippen LogP contribution < -0.4 is 16.0 Å². The number of carbonyl (C=O) groups is 2. The first-order valence-corrected chi connectivity index (χ1v) is 9.65. The standard InChI is InChI=1S/C23H31N3O2/c1-15(2)17-7-9-19(10-8-17)25-21(27)16(3)24-18-11-13-20(14-12-18)26-22(28)23(4,5)6/h7-16,24H,1-6H3,(H,25,27)(H,26,28). The van der Waals surface area contributed by atoms with Gasteiger partial charge in [0.15, 0.2) is 0 Å². The molecule has 0 aromatic heterocycles. The van der Waals surface area contributed by atoms with E-state index in [2.05, 4.69) is 29.8 Å². The molecule has 150 valence electrons. The van der Waals surface area contributed by atoms with Gasteiger partial charge in [0, 0.05) is 22.5 Å². The predicted octanol–water partition coefficient (Wildman–Crippen LogP) is 5.23. The van der Waals surface area contributed by atoms with Crippen molar-refractivity contribution in [3.05, 3.63) is 54.1 Å². The van der Waals surface area contributed by atoms with Gasteiger partial charge in [-0.2, -0.15) is 0 Å². The molecule has 2 aromatic rings. The van der Waals surface area contributed by atoms with E-state index in [0.717, 1.165) is 17.1 Å². The molecule has 0 bridgehead atoms. The van der Waals surface area contributed by atoms with Crippen LogP contribution in [0.3, 0.4) is 0 Å². The minimum absolute atomic E-state index is 0.0376. The molecule has 0 aliphatic carbocycles. The molecule has 0 spiro atoms. The van der Waals surface area contributed by atoms with Crippen molar-refractivity contribution in [1.29, 1.82) is 0 Å². The number of hydrogen-bond donors (Lipinski definition) is 3. The van der Waals surface area contributed by atoms with E-state index in [1.807, 2.05) is 76.2 Å². The van der Waals surface area contributed by atoms with E-state index in [1.54, 1.807) is 0 Å². The van der Waals surface area contributed by atoms with Crippen LogP contribution in [-0.4, -0.2) is 17.9 Å². The van der Waals surface area contributed by atoms with Crippen LogP contribution in [0.25, 0.3) is 0 Å². The van der Waals surface area contributed by atoms with Gasteiger partial charge in [0.1, 0.15) is 6.04 Å². The van der Waals surface area contributed by atoms with E-state index >= 15 is 0 Å². The second-order valence-electron chi connectivity index (χ2n) is 8.41. The van der Waals surface area contributed by atoms with Crippen LogP contribution in [0.2, 0.25) is 0 Å². The lowest BCUT2D eigenvalue weighted by Gasteiger charge is -2.18. The Morgan fingerprint density at radius 3 is 1.71 bits per heavy atom. The average molecular weight is 382 g/mol. The number of benzene rings is 2. The largest absolute Gasteiger partial charge is 0.374 e. The van der Waals surface area contributed by atoms with Crippen molar-refractivity contribution in [2.24, 2.45) is 5.41 Å². The van der Waals surface area contributed by atoms with Crippen molar-refractivity contribution in [2.75, 3.05) is 16.0 Å². The summed E-state index contributed by atoms with van der Waals surface area (Å²) in [6.07, 6.45) is 0. The molecule has 2 rings (SSSR count). The van der Waals surface area contributed by atoms with Gasteiger partial charge in [-0.25, -0.2) is 0 Å². The molecular formula is C23H31N3O2. The first-order chi connectivity index (χ1) is 13.1. The van der Waals surface area contributed by atoms with Gasteiger partial charge in [0.05, 0.1) is 0 Å². The second-order valence-corrected chi connectivity index (χ2v) is 8.41. The third-order valence-electron chi connectivity index (χ3n) is 4.45. The fraction of sp³-hybridized carbons (Fsp3) is 0.391. The number of hydrogen-bond acceptors (Lipinski definition) is 3. The monoisotopic (exact) mass is 381 g/mol. The van der Waals surface area contributed by atoms with E-state index < -0.39 is 11.5 Å². The summed E-state index contributed by atoms with van der Waals surface area (Å²) in [5, 5.41) is 8.99. The Kier molecular flexibility index (Phi) is 6.84. The molecule has 2 amide bonds. The minimum Gasteiger partial charge on any atom is -0.374 e. The fourth-order valence-corrected chi connectivity index (χ4v) is 2.49. The quantitative estimate of drug-likeness (QED) is 0.641. The number of rotatable bonds is 6. The zero-order chi connectivity index (χ0) is 20.9. The Morgan fingerprint density at radius 2 is 1.21 bits per heavy atom. The Morgan fingerprint density at radius 1 is 0.750 bits per heavy atom. The highest BCUT2D eigenvalue weighted by Gasteiger charge is 2.21. The molecule has 0 heterocycles. The van der Waals surface area contributed by atoms with Crippen LogP contribution in [-0.2, 0) is 9.59 Å². The Hall–Kier alpha value is -2.82. The molecule has 0 fully saturated rings. The Bertz CT molecular complexity index is 803. The van der Waals surface area contributed by atoms with E-state index in [9.17, 15) is 9.59 Å². The molecule has 2 aromatic carbocycles. The lowest BCUT2D eigenvalue weighted by atomic mass is 9.95. The molecule has 28 heavy (non-hydrogen) atoms. The third-order valence-corrected chi connectivity index (χ3v) is 4.45. The van der Waals surface area contributed by atoms with Crippen LogP contribution in [0.15, 0.2) is 48.5 Å². The first kappa shape index (κ1) is 21.5. The van der Waals surface area contributed by atoms with Crippen molar-refractivity contribution in [3.8, 4) is 0 Å². The summed E-state index contributed by atoms with van der Waals surface area (Å²) in [5.74, 6) is 0.313. The average Bonchev–Trinajstić information content (AvgIpc) is 2.62. The third kappa shape index (κ3) is 6.12. The van der Waals surface area contributed by atoms with Crippen molar-refractivity contribution >= 4 is 28.9 Å². The zero-order valence-corrected chi connectivity index (χ0v) is 17.6. The maximum atomic E-state index is 12.4. The molecule has 0 saturated heterocycles. The minimum atomic E-state index is -0.448. The van der Waals surface area contributed by atoms with Gasteiger partial charge in [-0.1, -0.05) is 46.8 Å². The molecular weight excluding hydrogens is 350 g/mol. The van der Waals surface area contributed by atoms with Gasteiger partial charge < -0.3 is 16.0 Å². The maximum absolute atomic E-state index is 12.4. The summed E-state index contributed by atoms with van der Waals surface area (Å²) in [4.78, 5) is 24.5. The topological polar surface area (TPSA) is 70.2 Å². The van der Waals surface area contributed by atoms with Crippen LogP contribution in [0.4, 0.5) is 17.1 Å². The molecule has 0 radical (unpaired) electrons. The van der Waals surface area contributed by atoms with Crippen molar-refractivity contribution in [2.45, 2.75) is 53.5 Å². The molecule has 0 aliphatic rings. The molecule has 3 N–H and O–H groups in total. The van der Waals surface area contributed by atoms with E-state index in [4.69, 9.17) is 0 Å². The fourth-order valence-electron chi connectivity index (χ4n) is 2.49. The normalized spacial score (nSPS) is 12.4. The molecule has 1 atom stereocenters. The summed E-state index contributed by atoms with van der Waals surface area (Å²) in [5.41, 5.74) is 3.11. The SMILES string of the molecule is CC(Nc1ccc(NC(=O)C(C)(C)C)cc1)C(=O)Nc1ccc(C(C)C)cc1. The summed E-state index contributed by atoms with van der Waals surface area (Å²) in [7, 11) is 0. The van der Waals surface area contributed by atoms with Gasteiger partial charge in [-0.15, -0.1) is 0 Å². The van der Waals surface area contributed by atoms with Gasteiger partial charge in [-0.05, 0) is 54.8 Å². The van der Waals surface area contributed by atoms with E-state index in [1.165, 1.54) is 5.56 Å². The predicted molar refractivity (Wildman–Crippen MR) is 117 cm³/mol. The smallest absolute Gasteiger partial charge is 0.246 e. The highest BCUT2D eigenvalue weighted by atomic mass is 16.2. The molecule has 1 unspecified atom stereocenters. The number of carbonyl (C=O) groups excluding carboxylic acids is 2. The van der Waals surface area contributed by atoms with Gasteiger partial charge in [0.25, 0.3) is 0 Å². The van der Waals surface area contributed by atoms with Crippen molar-refractivity contribution in [3.63, 3.8) is 0 Å². The Balaban J connectivity index is 1.91. The lowest BCUT2D eigenvalue weighted by Crippen LogP contribution is -2.31. The summed E-state index contributed by atoms with van der Waals surface area (Å²) in [6, 6.07) is 14.8. The Labute approximate surface area is 167 Å². The molecule has 0 aliphatic heterocycles. The highest BCUT2D eigenvalue weighted by molar-refractivity contribution is 5.96. The molecule has 0 saturated carbocycles. The number of amides is 2. The van der Waals surface area contributed by atoms with Gasteiger partial charge in [-0.3, -0.25) is 9.59 Å². The lowest BCUT2D eigenvalue weighted by molar-refractivity contribution is -0.123. The van der Waals surface area contributed by atoms with E-state index in [-0.39, 0.29) is 11.8 Å². The second kappa shape index (κ2) is 8.91. The molecule has 5 heteroatoms. The van der Waals surface area contributed by atoms with Crippen LogP contribution in [0, 0.1) is 5.41 Å². The van der Waals surface area contributed by atoms with Crippen molar-refractivity contribution < 1.29 is 9.59 Å². The van der Waals surface area contributed by atoms with E-state index in [0.29, 0.717) is 5.92 Å². The highest BCUT2D eigenvalue weighted by Crippen LogP contribution is 2.20. The summed E-state index contributed by atoms with van der Waals surface area (Å²) < 4.78 is 0. The maximum Gasteiger partial charge on any atom is 0.246 e.